The van der Waals surface area contributed by atoms with Gasteiger partial charge in [-0.15, -0.1) is 0 Å². The number of likely N-dealkylation sites (tertiary alicyclic amines) is 2. The van der Waals surface area contributed by atoms with Crippen LogP contribution in [0, 0.1) is 5.92 Å². The highest BCUT2D eigenvalue weighted by atomic mass is 16.5. The minimum absolute atomic E-state index is 0.281. The van der Waals surface area contributed by atoms with Crippen LogP contribution < -0.4 is 9.47 Å². The average Bonchev–Trinajstić information content (AvgIpc) is 3.21. The van der Waals surface area contributed by atoms with E-state index >= 15 is 0 Å². The van der Waals surface area contributed by atoms with E-state index < -0.39 is 6.10 Å². The standard InChI is InChI=1S/C22H36N2O4/c1-27-21-5-4-19(15-24-11-6-18(7-12-24)8-13-25)14-22(21)28-17-20(26)16-23-9-2-3-10-23/h4-5,14,18,20,25-26H,2-3,6-13,15-17H2,1H3. The van der Waals surface area contributed by atoms with E-state index in [1.807, 2.05) is 12.1 Å². The van der Waals surface area contributed by atoms with Crippen LogP contribution in [0.25, 0.3) is 0 Å². The minimum atomic E-state index is -0.489. The van der Waals surface area contributed by atoms with Crippen LogP contribution in [-0.4, -0.2) is 79.2 Å². The summed E-state index contributed by atoms with van der Waals surface area (Å²) in [4.78, 5) is 4.75. The molecule has 2 fully saturated rings. The van der Waals surface area contributed by atoms with Gasteiger partial charge in [0.1, 0.15) is 12.7 Å². The maximum absolute atomic E-state index is 10.3. The van der Waals surface area contributed by atoms with Crippen LogP contribution in [0.5, 0.6) is 11.5 Å². The molecule has 0 aromatic heterocycles. The first-order chi connectivity index (χ1) is 13.7. The largest absolute Gasteiger partial charge is 0.493 e. The van der Waals surface area contributed by atoms with Crippen LogP contribution in [-0.2, 0) is 6.54 Å². The molecule has 0 spiro atoms. The van der Waals surface area contributed by atoms with Crippen LogP contribution in [0.2, 0.25) is 0 Å². The number of benzene rings is 1. The highest BCUT2D eigenvalue weighted by molar-refractivity contribution is 5.43. The van der Waals surface area contributed by atoms with Crippen molar-refractivity contribution in [2.45, 2.75) is 44.8 Å². The lowest BCUT2D eigenvalue weighted by Gasteiger charge is -2.31. The summed E-state index contributed by atoms with van der Waals surface area (Å²) in [6.07, 6.45) is 5.19. The molecular formula is C22H36N2O4. The van der Waals surface area contributed by atoms with Crippen molar-refractivity contribution in [3.8, 4) is 11.5 Å². The summed E-state index contributed by atoms with van der Waals surface area (Å²) in [7, 11) is 1.65. The summed E-state index contributed by atoms with van der Waals surface area (Å²) in [5.74, 6) is 2.07. The van der Waals surface area contributed by atoms with Gasteiger partial charge in [0.15, 0.2) is 11.5 Å². The monoisotopic (exact) mass is 392 g/mol. The van der Waals surface area contributed by atoms with Gasteiger partial charge in [0, 0.05) is 19.7 Å². The van der Waals surface area contributed by atoms with Crippen molar-refractivity contribution in [1.29, 1.82) is 0 Å². The van der Waals surface area contributed by atoms with Crippen LogP contribution in [0.1, 0.15) is 37.7 Å². The van der Waals surface area contributed by atoms with Crippen LogP contribution in [0.3, 0.4) is 0 Å². The molecule has 0 saturated carbocycles. The number of piperidine rings is 1. The summed E-state index contributed by atoms with van der Waals surface area (Å²) >= 11 is 0. The Morgan fingerprint density at radius 2 is 1.82 bits per heavy atom. The first kappa shape index (κ1) is 21.4. The van der Waals surface area contributed by atoms with Crippen molar-refractivity contribution in [3.05, 3.63) is 23.8 Å². The van der Waals surface area contributed by atoms with E-state index in [0.717, 1.165) is 52.0 Å². The number of nitrogens with zero attached hydrogens (tertiary/aromatic N) is 2. The number of rotatable bonds is 10. The molecular weight excluding hydrogens is 356 g/mol. The Bertz CT molecular complexity index is 584. The average molecular weight is 393 g/mol. The molecule has 158 valence electrons. The first-order valence-electron chi connectivity index (χ1n) is 10.7. The van der Waals surface area contributed by atoms with Crippen molar-refractivity contribution >= 4 is 0 Å². The summed E-state index contributed by atoms with van der Waals surface area (Å²) < 4.78 is 11.4. The van der Waals surface area contributed by atoms with E-state index in [1.54, 1.807) is 7.11 Å². The third kappa shape index (κ3) is 6.34. The fourth-order valence-electron chi connectivity index (χ4n) is 4.31. The smallest absolute Gasteiger partial charge is 0.161 e. The van der Waals surface area contributed by atoms with Crippen LogP contribution >= 0.6 is 0 Å². The molecule has 3 rings (SSSR count). The second-order valence-corrected chi connectivity index (χ2v) is 8.19. The Kier molecular flexibility index (Phi) is 8.40. The van der Waals surface area contributed by atoms with Crippen molar-refractivity contribution in [1.82, 2.24) is 9.80 Å². The Morgan fingerprint density at radius 1 is 1.07 bits per heavy atom. The summed E-state index contributed by atoms with van der Waals surface area (Å²) in [6, 6.07) is 6.09. The molecule has 1 unspecified atom stereocenters. The van der Waals surface area contributed by atoms with Gasteiger partial charge in [0.2, 0.25) is 0 Å². The van der Waals surface area contributed by atoms with Crippen molar-refractivity contribution < 1.29 is 19.7 Å². The number of methoxy groups -OCH3 is 1. The lowest BCUT2D eigenvalue weighted by molar-refractivity contribution is 0.0746. The highest BCUT2D eigenvalue weighted by Gasteiger charge is 2.20. The zero-order chi connectivity index (χ0) is 19.8. The van der Waals surface area contributed by atoms with E-state index in [2.05, 4.69) is 15.9 Å². The molecule has 0 aliphatic carbocycles. The van der Waals surface area contributed by atoms with Crippen LogP contribution in [0.4, 0.5) is 0 Å². The Hall–Kier alpha value is -1.34. The van der Waals surface area contributed by atoms with Gasteiger partial charge in [-0.1, -0.05) is 6.07 Å². The van der Waals surface area contributed by atoms with Crippen molar-refractivity contribution in [3.63, 3.8) is 0 Å². The highest BCUT2D eigenvalue weighted by Crippen LogP contribution is 2.30. The first-order valence-corrected chi connectivity index (χ1v) is 10.7. The number of aliphatic hydroxyl groups excluding tert-OH is 2. The number of hydrogen-bond donors (Lipinski definition) is 2. The number of aliphatic hydroxyl groups is 2. The fourth-order valence-corrected chi connectivity index (χ4v) is 4.31. The second kappa shape index (κ2) is 11.0. The number of hydrogen-bond acceptors (Lipinski definition) is 6. The number of ether oxygens (including phenoxy) is 2. The minimum Gasteiger partial charge on any atom is -0.493 e. The van der Waals surface area contributed by atoms with E-state index in [1.165, 1.54) is 18.4 Å². The van der Waals surface area contributed by atoms with Gasteiger partial charge in [0.05, 0.1) is 7.11 Å². The molecule has 0 amide bonds. The van der Waals surface area contributed by atoms with Gasteiger partial charge in [-0.3, -0.25) is 4.90 Å². The molecule has 2 saturated heterocycles. The zero-order valence-electron chi connectivity index (χ0n) is 17.2. The molecule has 28 heavy (non-hydrogen) atoms. The summed E-state index contributed by atoms with van der Waals surface area (Å²) in [5.41, 5.74) is 1.20. The van der Waals surface area contributed by atoms with Gasteiger partial charge in [0.25, 0.3) is 0 Å². The molecule has 1 aromatic rings. The van der Waals surface area contributed by atoms with Gasteiger partial charge >= 0.3 is 0 Å². The summed E-state index contributed by atoms with van der Waals surface area (Å²) in [5, 5.41) is 19.4. The van der Waals surface area contributed by atoms with Gasteiger partial charge in [-0.2, -0.15) is 0 Å². The van der Waals surface area contributed by atoms with Gasteiger partial charge in [-0.05, 0) is 81.9 Å². The Balaban J connectivity index is 1.51. The SMILES string of the molecule is COc1ccc(CN2CCC(CCO)CC2)cc1OCC(O)CN1CCCC1. The molecule has 1 aromatic carbocycles. The molecule has 2 N–H and O–H groups in total. The normalized spacial score (nSPS) is 20.4. The van der Waals surface area contributed by atoms with E-state index in [0.29, 0.717) is 30.6 Å². The summed E-state index contributed by atoms with van der Waals surface area (Å²) in [6.45, 7) is 6.43. The van der Waals surface area contributed by atoms with Crippen LogP contribution in [0.15, 0.2) is 18.2 Å². The molecule has 2 aliphatic rings. The van der Waals surface area contributed by atoms with Gasteiger partial charge in [-0.25, -0.2) is 0 Å². The molecule has 2 heterocycles. The maximum Gasteiger partial charge on any atom is 0.161 e. The molecule has 6 heteroatoms. The van der Waals surface area contributed by atoms with E-state index in [4.69, 9.17) is 14.6 Å². The molecule has 1 atom stereocenters. The lowest BCUT2D eigenvalue weighted by atomic mass is 9.94. The quantitative estimate of drug-likeness (QED) is 0.636. The predicted octanol–water partition coefficient (Wildman–Crippen LogP) is 2.13. The Labute approximate surface area is 169 Å². The molecule has 0 radical (unpaired) electrons. The van der Waals surface area contributed by atoms with Crippen molar-refractivity contribution in [2.75, 3.05) is 53.0 Å². The second-order valence-electron chi connectivity index (χ2n) is 8.19. The Morgan fingerprint density at radius 3 is 2.50 bits per heavy atom. The molecule has 6 nitrogen and oxygen atoms in total. The number of β-amino-alcohol motifs (C(OH)–C–C–N with tert-alkyl or cyclic N) is 1. The van der Waals surface area contributed by atoms with Gasteiger partial charge < -0.3 is 24.6 Å². The topological polar surface area (TPSA) is 65.4 Å². The van der Waals surface area contributed by atoms with E-state index in [-0.39, 0.29) is 6.61 Å². The fraction of sp³-hybridized carbons (Fsp3) is 0.727. The third-order valence-electron chi connectivity index (χ3n) is 5.98. The third-order valence-corrected chi connectivity index (χ3v) is 5.98. The van der Waals surface area contributed by atoms with E-state index in [9.17, 15) is 5.11 Å². The lowest BCUT2D eigenvalue weighted by Crippen LogP contribution is -2.34. The molecule has 2 aliphatic heterocycles. The predicted molar refractivity (Wildman–Crippen MR) is 110 cm³/mol. The maximum atomic E-state index is 10.3. The molecule has 0 bridgehead atoms. The zero-order valence-corrected chi connectivity index (χ0v) is 17.2. The van der Waals surface area contributed by atoms with Crippen molar-refractivity contribution in [2.24, 2.45) is 5.92 Å².